The molecule has 78 valence electrons. The smallest absolute Gasteiger partial charge is 0.232 e. The van der Waals surface area contributed by atoms with Crippen molar-refractivity contribution in [2.24, 2.45) is 0 Å². The summed E-state index contributed by atoms with van der Waals surface area (Å²) >= 11 is 0. The zero-order chi connectivity index (χ0) is 11.4. The summed E-state index contributed by atoms with van der Waals surface area (Å²) in [6.07, 6.45) is 8.00. The van der Waals surface area contributed by atoms with Gasteiger partial charge in [-0.05, 0) is 11.6 Å². The Morgan fingerprint density at radius 1 is 0.938 bits per heavy atom. The average molecular weight is 210 g/mol. The van der Waals surface area contributed by atoms with Crippen LogP contribution in [0.4, 0.5) is 0 Å². The normalized spacial score (nSPS) is 15.6. The zero-order valence-electron chi connectivity index (χ0n) is 8.59. The molecule has 0 spiro atoms. The third-order valence-electron chi connectivity index (χ3n) is 2.26. The van der Waals surface area contributed by atoms with Crippen molar-refractivity contribution in [3.8, 4) is 0 Å². The Morgan fingerprint density at radius 3 is 2.44 bits per heavy atom. The van der Waals surface area contributed by atoms with Crippen LogP contribution in [-0.2, 0) is 9.59 Å². The van der Waals surface area contributed by atoms with E-state index in [9.17, 15) is 9.59 Å². The predicted molar refractivity (Wildman–Crippen MR) is 62.7 cm³/mol. The third kappa shape index (κ3) is 2.23. The van der Waals surface area contributed by atoms with Crippen LogP contribution in [0.2, 0.25) is 0 Å². The molecule has 0 bridgehead atoms. The molecule has 0 saturated heterocycles. The molecule has 0 aromatic heterocycles. The second-order valence-electron chi connectivity index (χ2n) is 3.42. The monoisotopic (exact) mass is 210 g/mol. The highest BCUT2D eigenvalue weighted by Crippen LogP contribution is 2.10. The van der Waals surface area contributed by atoms with E-state index in [2.05, 4.69) is 0 Å². The Balaban J connectivity index is 2.20. The maximum Gasteiger partial charge on any atom is 0.232 e. The molecule has 0 N–H and O–H groups in total. The standard InChI is InChI=1S/C14H10O2/c15-13-8-4-7-12(14(13)16)10-9-11-5-2-1-3-6-11/h1-10H. The Labute approximate surface area is 93.6 Å². The maximum absolute atomic E-state index is 11.4. The van der Waals surface area contributed by atoms with Gasteiger partial charge in [0.25, 0.3) is 0 Å². The largest absolute Gasteiger partial charge is 0.286 e. The van der Waals surface area contributed by atoms with E-state index < -0.39 is 11.6 Å². The van der Waals surface area contributed by atoms with Crippen LogP contribution >= 0.6 is 0 Å². The first-order valence-corrected chi connectivity index (χ1v) is 4.97. The number of ketones is 2. The number of hydrogen-bond donors (Lipinski definition) is 0. The first-order chi connectivity index (χ1) is 7.77. The van der Waals surface area contributed by atoms with Gasteiger partial charge in [-0.1, -0.05) is 54.6 Å². The van der Waals surface area contributed by atoms with Gasteiger partial charge in [-0.2, -0.15) is 0 Å². The summed E-state index contributed by atoms with van der Waals surface area (Å²) in [5, 5.41) is 0. The van der Waals surface area contributed by atoms with Crippen molar-refractivity contribution in [1.82, 2.24) is 0 Å². The molecule has 0 fully saturated rings. The topological polar surface area (TPSA) is 34.1 Å². The Kier molecular flexibility index (Phi) is 2.92. The highest BCUT2D eigenvalue weighted by molar-refractivity contribution is 6.48. The van der Waals surface area contributed by atoms with E-state index in [1.807, 2.05) is 36.4 Å². The van der Waals surface area contributed by atoms with Crippen LogP contribution in [-0.4, -0.2) is 11.6 Å². The van der Waals surface area contributed by atoms with Gasteiger partial charge in [-0.25, -0.2) is 0 Å². The number of rotatable bonds is 2. The lowest BCUT2D eigenvalue weighted by atomic mass is 10.0. The first kappa shape index (κ1) is 10.3. The van der Waals surface area contributed by atoms with Gasteiger partial charge in [0.05, 0.1) is 0 Å². The Hall–Kier alpha value is -2.22. The first-order valence-electron chi connectivity index (χ1n) is 4.97. The van der Waals surface area contributed by atoms with Crippen LogP contribution in [0.25, 0.3) is 6.08 Å². The molecule has 0 aliphatic heterocycles. The Morgan fingerprint density at radius 2 is 1.69 bits per heavy atom. The molecule has 2 heteroatoms. The lowest BCUT2D eigenvalue weighted by molar-refractivity contribution is -0.131. The van der Waals surface area contributed by atoms with Crippen molar-refractivity contribution in [2.45, 2.75) is 0 Å². The number of allylic oxidation sites excluding steroid dienone is 5. The molecule has 1 aliphatic rings. The van der Waals surface area contributed by atoms with Crippen LogP contribution in [0, 0.1) is 0 Å². The summed E-state index contributed by atoms with van der Waals surface area (Å²) in [6, 6.07) is 9.63. The van der Waals surface area contributed by atoms with E-state index in [1.54, 1.807) is 18.2 Å². The predicted octanol–water partition coefficient (Wildman–Crippen LogP) is 2.33. The number of benzene rings is 1. The van der Waals surface area contributed by atoms with Crippen LogP contribution < -0.4 is 0 Å². The minimum absolute atomic E-state index is 0.427. The second kappa shape index (κ2) is 4.53. The van der Waals surface area contributed by atoms with Gasteiger partial charge < -0.3 is 0 Å². The van der Waals surface area contributed by atoms with E-state index in [4.69, 9.17) is 0 Å². The van der Waals surface area contributed by atoms with Crippen molar-refractivity contribution in [2.75, 3.05) is 0 Å². The zero-order valence-corrected chi connectivity index (χ0v) is 8.59. The number of hydrogen-bond acceptors (Lipinski definition) is 2. The molecule has 0 unspecified atom stereocenters. The van der Waals surface area contributed by atoms with Crippen LogP contribution in [0.15, 0.2) is 60.2 Å². The van der Waals surface area contributed by atoms with E-state index >= 15 is 0 Å². The molecule has 0 atom stereocenters. The SMILES string of the molecule is O=C1C=CC=C(C=Cc2ccccc2)C1=O. The van der Waals surface area contributed by atoms with Gasteiger partial charge in [0.15, 0.2) is 0 Å². The molecule has 16 heavy (non-hydrogen) atoms. The fourth-order valence-electron chi connectivity index (χ4n) is 1.41. The van der Waals surface area contributed by atoms with E-state index in [0.717, 1.165) is 5.56 Å². The summed E-state index contributed by atoms with van der Waals surface area (Å²) in [7, 11) is 0. The average Bonchev–Trinajstić information content (AvgIpc) is 2.32. The molecule has 0 heterocycles. The molecule has 1 aromatic rings. The molecule has 1 aliphatic carbocycles. The molecule has 0 amide bonds. The lowest BCUT2D eigenvalue weighted by Gasteiger charge is -2.01. The minimum atomic E-state index is -0.463. The number of Topliss-reactive ketones (excluding diaryl/α,β-unsaturated/α-hetero) is 1. The van der Waals surface area contributed by atoms with Crippen molar-refractivity contribution >= 4 is 17.6 Å². The lowest BCUT2D eigenvalue weighted by Crippen LogP contribution is -2.14. The fraction of sp³-hybridized carbons (Fsp3) is 0. The van der Waals surface area contributed by atoms with Gasteiger partial charge in [0.2, 0.25) is 11.6 Å². The molecular formula is C14H10O2. The number of carbonyl (C=O) groups excluding carboxylic acids is 2. The van der Waals surface area contributed by atoms with Crippen molar-refractivity contribution < 1.29 is 9.59 Å². The molecular weight excluding hydrogens is 200 g/mol. The highest BCUT2D eigenvalue weighted by atomic mass is 16.2. The quantitative estimate of drug-likeness (QED) is 0.554. The van der Waals surface area contributed by atoms with E-state index in [-0.39, 0.29) is 0 Å². The summed E-state index contributed by atoms with van der Waals surface area (Å²) in [5.74, 6) is -0.912. The van der Waals surface area contributed by atoms with Gasteiger partial charge in [0, 0.05) is 5.57 Å². The van der Waals surface area contributed by atoms with Crippen LogP contribution in [0.1, 0.15) is 5.56 Å². The summed E-state index contributed by atoms with van der Waals surface area (Å²) < 4.78 is 0. The Bertz CT molecular complexity index is 505. The third-order valence-corrected chi connectivity index (χ3v) is 2.26. The molecule has 2 nitrogen and oxygen atoms in total. The summed E-state index contributed by atoms with van der Waals surface area (Å²) in [5.41, 5.74) is 1.43. The fourth-order valence-corrected chi connectivity index (χ4v) is 1.41. The van der Waals surface area contributed by atoms with Gasteiger partial charge in [-0.15, -0.1) is 0 Å². The number of carbonyl (C=O) groups is 2. The van der Waals surface area contributed by atoms with E-state index in [1.165, 1.54) is 6.08 Å². The maximum atomic E-state index is 11.4. The van der Waals surface area contributed by atoms with Crippen LogP contribution in [0.5, 0.6) is 0 Å². The highest BCUT2D eigenvalue weighted by Gasteiger charge is 2.16. The van der Waals surface area contributed by atoms with E-state index in [0.29, 0.717) is 5.57 Å². The molecule has 2 rings (SSSR count). The molecule has 0 radical (unpaired) electrons. The van der Waals surface area contributed by atoms with Crippen LogP contribution in [0.3, 0.4) is 0 Å². The van der Waals surface area contributed by atoms with Crippen molar-refractivity contribution in [3.63, 3.8) is 0 Å². The molecule has 1 aromatic carbocycles. The minimum Gasteiger partial charge on any atom is -0.286 e. The van der Waals surface area contributed by atoms with Crippen molar-refractivity contribution in [1.29, 1.82) is 0 Å². The second-order valence-corrected chi connectivity index (χ2v) is 3.42. The van der Waals surface area contributed by atoms with Gasteiger partial charge in [-0.3, -0.25) is 9.59 Å². The molecule has 0 saturated carbocycles. The van der Waals surface area contributed by atoms with Crippen molar-refractivity contribution in [3.05, 3.63) is 65.8 Å². The van der Waals surface area contributed by atoms with Gasteiger partial charge >= 0.3 is 0 Å². The summed E-state index contributed by atoms with van der Waals surface area (Å²) in [6.45, 7) is 0. The summed E-state index contributed by atoms with van der Waals surface area (Å²) in [4.78, 5) is 22.5. The van der Waals surface area contributed by atoms with Gasteiger partial charge in [0.1, 0.15) is 0 Å².